The highest BCUT2D eigenvalue weighted by Crippen LogP contribution is 2.38. The Morgan fingerprint density at radius 2 is 2.10 bits per heavy atom. The molecule has 0 saturated carbocycles. The fourth-order valence-corrected chi connectivity index (χ4v) is 2.77. The fourth-order valence-electron chi connectivity index (χ4n) is 2.09. The van der Waals surface area contributed by atoms with Crippen LogP contribution in [0, 0.1) is 6.92 Å². The van der Waals surface area contributed by atoms with Crippen LogP contribution >= 0.6 is 15.9 Å². The molecular formula is C15H12BrN3O. The molecule has 0 amide bonds. The predicted molar refractivity (Wildman–Crippen MR) is 82.0 cm³/mol. The third-order valence-corrected chi connectivity index (χ3v) is 3.70. The average Bonchev–Trinajstić information content (AvgIpc) is 2.81. The van der Waals surface area contributed by atoms with Crippen molar-refractivity contribution in [3.05, 3.63) is 52.8 Å². The van der Waals surface area contributed by atoms with Crippen molar-refractivity contribution < 1.29 is 4.52 Å². The molecule has 3 aromatic rings. The Balaban J connectivity index is 2.21. The first-order chi connectivity index (χ1) is 9.66. The molecule has 5 heteroatoms. The summed E-state index contributed by atoms with van der Waals surface area (Å²) in [5.41, 5.74) is 10.4. The SMILES string of the molecule is Cc1ccc(-c2noc(N)c2-c2cccnc2)c(Br)c1. The van der Waals surface area contributed by atoms with Crippen molar-refractivity contribution in [1.29, 1.82) is 0 Å². The van der Waals surface area contributed by atoms with Gasteiger partial charge in [-0.25, -0.2) is 0 Å². The van der Waals surface area contributed by atoms with Gasteiger partial charge >= 0.3 is 0 Å². The molecule has 2 N–H and O–H groups in total. The van der Waals surface area contributed by atoms with Crippen LogP contribution in [0.4, 0.5) is 5.88 Å². The van der Waals surface area contributed by atoms with E-state index in [0.29, 0.717) is 11.6 Å². The van der Waals surface area contributed by atoms with Crippen LogP contribution in [0.5, 0.6) is 0 Å². The van der Waals surface area contributed by atoms with Crippen molar-refractivity contribution in [3.63, 3.8) is 0 Å². The standard InChI is InChI=1S/C15H12BrN3O/c1-9-4-5-11(12(16)7-9)14-13(15(17)20-19-14)10-3-2-6-18-8-10/h2-8H,17H2,1H3. The molecule has 0 aliphatic carbocycles. The van der Waals surface area contributed by atoms with Crippen molar-refractivity contribution in [2.75, 3.05) is 5.73 Å². The largest absolute Gasteiger partial charge is 0.367 e. The summed E-state index contributed by atoms with van der Waals surface area (Å²) >= 11 is 3.56. The zero-order valence-corrected chi connectivity index (χ0v) is 12.4. The first-order valence-corrected chi connectivity index (χ1v) is 6.88. The summed E-state index contributed by atoms with van der Waals surface area (Å²) in [5, 5.41) is 4.10. The van der Waals surface area contributed by atoms with Crippen molar-refractivity contribution in [1.82, 2.24) is 10.1 Å². The van der Waals surface area contributed by atoms with Crippen LogP contribution in [-0.2, 0) is 0 Å². The molecular weight excluding hydrogens is 318 g/mol. The maximum absolute atomic E-state index is 5.92. The molecule has 3 rings (SSSR count). The molecule has 0 saturated heterocycles. The van der Waals surface area contributed by atoms with Crippen molar-refractivity contribution >= 4 is 21.8 Å². The van der Waals surface area contributed by atoms with Crippen LogP contribution in [0.15, 0.2) is 51.7 Å². The Hall–Kier alpha value is -2.14. The molecule has 0 spiro atoms. The summed E-state index contributed by atoms with van der Waals surface area (Å²) in [7, 11) is 0. The van der Waals surface area contributed by atoms with Gasteiger partial charge < -0.3 is 10.3 Å². The highest BCUT2D eigenvalue weighted by Gasteiger charge is 2.19. The van der Waals surface area contributed by atoms with Crippen LogP contribution in [0.3, 0.4) is 0 Å². The van der Waals surface area contributed by atoms with E-state index in [0.717, 1.165) is 21.2 Å². The topological polar surface area (TPSA) is 64.9 Å². The molecule has 2 heterocycles. The van der Waals surface area contributed by atoms with E-state index in [4.69, 9.17) is 10.3 Å². The number of aromatic nitrogens is 2. The predicted octanol–water partition coefficient (Wildman–Crippen LogP) is 4.06. The Labute approximate surface area is 124 Å². The van der Waals surface area contributed by atoms with Gasteiger partial charge in [-0.3, -0.25) is 4.98 Å². The number of hydrogen-bond donors (Lipinski definition) is 1. The minimum atomic E-state index is 0.292. The number of rotatable bonds is 2. The summed E-state index contributed by atoms with van der Waals surface area (Å²) in [6.45, 7) is 2.04. The van der Waals surface area contributed by atoms with Gasteiger partial charge in [0.2, 0.25) is 5.88 Å². The van der Waals surface area contributed by atoms with E-state index < -0.39 is 0 Å². The van der Waals surface area contributed by atoms with Gasteiger partial charge in [0.05, 0.1) is 5.56 Å². The smallest absolute Gasteiger partial charge is 0.230 e. The van der Waals surface area contributed by atoms with E-state index in [1.807, 2.05) is 37.3 Å². The maximum Gasteiger partial charge on any atom is 0.230 e. The number of nitrogens with zero attached hydrogens (tertiary/aromatic N) is 2. The first-order valence-electron chi connectivity index (χ1n) is 6.09. The third-order valence-electron chi connectivity index (χ3n) is 3.05. The zero-order valence-electron chi connectivity index (χ0n) is 10.8. The summed E-state index contributed by atoms with van der Waals surface area (Å²) < 4.78 is 6.12. The third kappa shape index (κ3) is 2.20. The second-order valence-electron chi connectivity index (χ2n) is 4.50. The number of hydrogen-bond acceptors (Lipinski definition) is 4. The average molecular weight is 330 g/mol. The molecule has 0 bridgehead atoms. The van der Waals surface area contributed by atoms with Gasteiger partial charge in [0.15, 0.2) is 0 Å². The second kappa shape index (κ2) is 5.09. The van der Waals surface area contributed by atoms with Crippen LogP contribution in [0.2, 0.25) is 0 Å². The van der Waals surface area contributed by atoms with Gasteiger partial charge in [-0.15, -0.1) is 0 Å². The van der Waals surface area contributed by atoms with Crippen molar-refractivity contribution in [3.8, 4) is 22.4 Å². The maximum atomic E-state index is 5.92. The molecule has 0 aliphatic heterocycles. The minimum absolute atomic E-state index is 0.292. The number of anilines is 1. The lowest BCUT2D eigenvalue weighted by Crippen LogP contribution is -1.89. The van der Waals surface area contributed by atoms with E-state index in [-0.39, 0.29) is 0 Å². The monoisotopic (exact) mass is 329 g/mol. The lowest BCUT2D eigenvalue weighted by atomic mass is 10.0. The van der Waals surface area contributed by atoms with Gasteiger partial charge in [-0.1, -0.05) is 39.3 Å². The fraction of sp³-hybridized carbons (Fsp3) is 0.0667. The van der Waals surface area contributed by atoms with E-state index in [1.165, 1.54) is 5.56 Å². The van der Waals surface area contributed by atoms with Crippen LogP contribution in [0.1, 0.15) is 5.56 Å². The number of pyridine rings is 1. The zero-order chi connectivity index (χ0) is 14.1. The number of aryl methyl sites for hydroxylation is 1. The highest BCUT2D eigenvalue weighted by atomic mass is 79.9. The summed E-state index contributed by atoms with van der Waals surface area (Å²) in [5.74, 6) is 0.292. The molecule has 0 aliphatic rings. The molecule has 2 aromatic heterocycles. The number of benzene rings is 1. The summed E-state index contributed by atoms with van der Waals surface area (Å²) in [6.07, 6.45) is 3.46. The van der Waals surface area contributed by atoms with E-state index >= 15 is 0 Å². The van der Waals surface area contributed by atoms with Gasteiger partial charge in [0.1, 0.15) is 5.69 Å². The van der Waals surface area contributed by atoms with Gasteiger partial charge in [0, 0.05) is 28.0 Å². The van der Waals surface area contributed by atoms with E-state index in [1.54, 1.807) is 12.4 Å². The lowest BCUT2D eigenvalue weighted by Gasteiger charge is -2.05. The van der Waals surface area contributed by atoms with Gasteiger partial charge in [0.25, 0.3) is 0 Å². The Morgan fingerprint density at radius 1 is 1.25 bits per heavy atom. The van der Waals surface area contributed by atoms with Crippen molar-refractivity contribution in [2.45, 2.75) is 6.92 Å². The molecule has 1 aromatic carbocycles. The molecule has 100 valence electrons. The second-order valence-corrected chi connectivity index (χ2v) is 5.35. The Bertz CT molecular complexity index is 753. The summed E-state index contributed by atoms with van der Waals surface area (Å²) in [6, 6.07) is 9.85. The Morgan fingerprint density at radius 3 is 2.80 bits per heavy atom. The molecule has 0 unspecified atom stereocenters. The molecule has 0 atom stereocenters. The highest BCUT2D eigenvalue weighted by molar-refractivity contribution is 9.10. The normalized spacial score (nSPS) is 10.7. The number of nitrogen functional groups attached to an aromatic ring is 1. The van der Waals surface area contributed by atoms with Crippen LogP contribution in [-0.4, -0.2) is 10.1 Å². The lowest BCUT2D eigenvalue weighted by molar-refractivity contribution is 0.439. The quantitative estimate of drug-likeness (QED) is 0.770. The molecule has 20 heavy (non-hydrogen) atoms. The van der Waals surface area contributed by atoms with Gasteiger partial charge in [-0.2, -0.15) is 0 Å². The van der Waals surface area contributed by atoms with Crippen molar-refractivity contribution in [2.24, 2.45) is 0 Å². The number of nitrogens with two attached hydrogens (primary N) is 1. The van der Waals surface area contributed by atoms with E-state index in [2.05, 4.69) is 26.1 Å². The summed E-state index contributed by atoms with van der Waals surface area (Å²) in [4.78, 5) is 4.12. The molecule has 0 fully saturated rings. The van der Waals surface area contributed by atoms with E-state index in [9.17, 15) is 0 Å². The first kappa shape index (κ1) is 12.9. The van der Waals surface area contributed by atoms with Crippen LogP contribution in [0.25, 0.3) is 22.4 Å². The Kier molecular flexibility index (Phi) is 3.28. The minimum Gasteiger partial charge on any atom is -0.367 e. The van der Waals surface area contributed by atoms with Crippen LogP contribution < -0.4 is 5.73 Å². The molecule has 0 radical (unpaired) electrons. The number of halogens is 1. The molecule has 4 nitrogen and oxygen atoms in total. The van der Waals surface area contributed by atoms with Gasteiger partial charge in [-0.05, 0) is 24.6 Å².